The third-order valence-corrected chi connectivity index (χ3v) is 7.79. The topological polar surface area (TPSA) is 59.4 Å². The zero-order chi connectivity index (χ0) is 26.4. The number of rotatable bonds is 10. The van der Waals surface area contributed by atoms with Crippen LogP contribution < -0.4 is 4.74 Å². The third kappa shape index (κ3) is 7.36. The molecule has 9 heteroatoms. The van der Waals surface area contributed by atoms with Crippen LogP contribution >= 0.6 is 23.1 Å². The number of thiazole rings is 1. The maximum atomic E-state index is 13.0. The summed E-state index contributed by atoms with van der Waals surface area (Å²) in [6.45, 7) is 2.18. The van der Waals surface area contributed by atoms with E-state index in [9.17, 15) is 18.0 Å². The smallest absolute Gasteiger partial charge is 0.416 e. The minimum absolute atomic E-state index is 0.0665. The van der Waals surface area contributed by atoms with Gasteiger partial charge in [0.05, 0.1) is 16.1 Å². The first-order valence-electron chi connectivity index (χ1n) is 11.5. The predicted octanol–water partition coefficient (Wildman–Crippen LogP) is 8.03. The monoisotopic (exact) mass is 543 g/mol. The fourth-order valence-electron chi connectivity index (χ4n) is 3.63. The zero-order valence-electron chi connectivity index (χ0n) is 19.9. The number of hydrogen-bond donors (Lipinski definition) is 1. The molecule has 0 aliphatic heterocycles. The molecule has 0 saturated carbocycles. The van der Waals surface area contributed by atoms with Crippen LogP contribution in [0.5, 0.6) is 5.75 Å². The Bertz CT molecular complexity index is 1350. The molecule has 4 nitrogen and oxygen atoms in total. The summed E-state index contributed by atoms with van der Waals surface area (Å²) >= 11 is 3.03. The van der Waals surface area contributed by atoms with Crippen LogP contribution in [-0.4, -0.2) is 16.1 Å². The van der Waals surface area contributed by atoms with Crippen LogP contribution in [-0.2, 0) is 29.8 Å². The standard InChI is InChI=1S/C28H24F3NO3S2/c1-18-15-22(13-9-19(18)10-14-26(33)34)35-16-25-24(17-36-23-5-3-2-4-6-23)32-27(37-25)20-7-11-21(12-8-20)28(29,30)31/h2-9,11-13,15H,10,14,16-17H2,1H3,(H,33,34). The van der Waals surface area contributed by atoms with Crippen molar-refractivity contribution in [2.75, 3.05) is 0 Å². The van der Waals surface area contributed by atoms with Gasteiger partial charge in [-0.1, -0.05) is 36.4 Å². The number of ether oxygens (including phenoxy) is 1. The van der Waals surface area contributed by atoms with E-state index >= 15 is 0 Å². The van der Waals surface area contributed by atoms with Crippen molar-refractivity contribution in [1.29, 1.82) is 0 Å². The van der Waals surface area contributed by atoms with Crippen LogP contribution in [0.1, 0.15) is 33.7 Å². The fourth-order valence-corrected chi connectivity index (χ4v) is 5.61. The van der Waals surface area contributed by atoms with Crippen molar-refractivity contribution in [2.24, 2.45) is 0 Å². The Morgan fingerprint density at radius 2 is 1.78 bits per heavy atom. The second-order valence-electron chi connectivity index (χ2n) is 8.34. The van der Waals surface area contributed by atoms with Gasteiger partial charge < -0.3 is 9.84 Å². The van der Waals surface area contributed by atoms with Gasteiger partial charge in [-0.3, -0.25) is 4.79 Å². The summed E-state index contributed by atoms with van der Waals surface area (Å²) in [6, 6.07) is 20.5. The Kier molecular flexibility index (Phi) is 8.56. The first kappa shape index (κ1) is 26.8. The number of hydrogen-bond acceptors (Lipinski definition) is 5. The van der Waals surface area contributed by atoms with Crippen molar-refractivity contribution in [2.45, 2.75) is 43.2 Å². The number of benzene rings is 3. The normalized spacial score (nSPS) is 11.5. The first-order valence-corrected chi connectivity index (χ1v) is 13.3. The average molecular weight is 544 g/mol. The molecule has 0 spiro atoms. The summed E-state index contributed by atoms with van der Waals surface area (Å²) in [7, 11) is 0. The molecule has 0 bridgehead atoms. The number of aliphatic carboxylic acids is 1. The number of aryl methyl sites for hydroxylation is 2. The lowest BCUT2D eigenvalue weighted by Crippen LogP contribution is -2.03. The maximum absolute atomic E-state index is 13.0. The summed E-state index contributed by atoms with van der Waals surface area (Å²) in [6.07, 6.45) is -3.87. The van der Waals surface area contributed by atoms with E-state index in [1.807, 2.05) is 55.5 Å². The molecule has 0 aliphatic rings. The van der Waals surface area contributed by atoms with E-state index in [2.05, 4.69) is 0 Å². The number of thioether (sulfide) groups is 1. The summed E-state index contributed by atoms with van der Waals surface area (Å²) in [5.74, 6) is 0.407. The third-order valence-electron chi connectivity index (χ3n) is 5.65. The molecule has 0 radical (unpaired) electrons. The largest absolute Gasteiger partial charge is 0.488 e. The van der Waals surface area contributed by atoms with Gasteiger partial charge in [0.1, 0.15) is 17.4 Å². The lowest BCUT2D eigenvalue weighted by atomic mass is 10.0. The number of nitrogens with zero attached hydrogens (tertiary/aromatic N) is 1. The van der Waals surface area contributed by atoms with Crippen LogP contribution in [0.3, 0.4) is 0 Å². The fraction of sp³-hybridized carbons (Fsp3) is 0.214. The van der Waals surface area contributed by atoms with Gasteiger partial charge in [-0.25, -0.2) is 4.98 Å². The number of alkyl halides is 3. The number of carbonyl (C=O) groups is 1. The van der Waals surface area contributed by atoms with Crippen molar-refractivity contribution < 1.29 is 27.8 Å². The van der Waals surface area contributed by atoms with E-state index in [1.54, 1.807) is 11.8 Å². The molecule has 0 amide bonds. The summed E-state index contributed by atoms with van der Waals surface area (Å²) < 4.78 is 45.0. The Hall–Kier alpha value is -3.30. The zero-order valence-corrected chi connectivity index (χ0v) is 21.6. The Morgan fingerprint density at radius 3 is 2.43 bits per heavy atom. The second kappa shape index (κ2) is 11.8. The predicted molar refractivity (Wildman–Crippen MR) is 140 cm³/mol. The van der Waals surface area contributed by atoms with Gasteiger partial charge in [0.25, 0.3) is 0 Å². The highest BCUT2D eigenvalue weighted by Crippen LogP contribution is 2.35. The van der Waals surface area contributed by atoms with Crippen LogP contribution in [0.25, 0.3) is 10.6 Å². The molecule has 0 unspecified atom stereocenters. The second-order valence-corrected chi connectivity index (χ2v) is 10.5. The lowest BCUT2D eigenvalue weighted by Gasteiger charge is -2.10. The van der Waals surface area contributed by atoms with E-state index in [0.717, 1.165) is 38.7 Å². The van der Waals surface area contributed by atoms with Crippen LogP contribution in [0.4, 0.5) is 13.2 Å². The molecule has 0 aliphatic carbocycles. The quantitative estimate of drug-likeness (QED) is 0.205. The van der Waals surface area contributed by atoms with Crippen molar-refractivity contribution in [3.63, 3.8) is 0 Å². The Morgan fingerprint density at radius 1 is 1.05 bits per heavy atom. The van der Waals surface area contributed by atoms with Gasteiger partial charge in [0, 0.05) is 22.6 Å². The van der Waals surface area contributed by atoms with Crippen LogP contribution in [0, 0.1) is 6.92 Å². The molecule has 0 fully saturated rings. The van der Waals surface area contributed by atoms with Crippen molar-refractivity contribution in [3.05, 3.63) is 100 Å². The maximum Gasteiger partial charge on any atom is 0.416 e. The van der Waals surface area contributed by atoms with Crippen LogP contribution in [0.2, 0.25) is 0 Å². The summed E-state index contributed by atoms with van der Waals surface area (Å²) in [4.78, 5) is 17.6. The highest BCUT2D eigenvalue weighted by Gasteiger charge is 2.30. The molecule has 1 aromatic heterocycles. The van der Waals surface area contributed by atoms with Gasteiger partial charge in [-0.2, -0.15) is 13.2 Å². The molecule has 4 aromatic rings. The molecular weight excluding hydrogens is 519 g/mol. The molecule has 3 aromatic carbocycles. The van der Waals surface area contributed by atoms with E-state index in [4.69, 9.17) is 14.8 Å². The first-order chi connectivity index (χ1) is 17.7. The minimum atomic E-state index is -4.39. The van der Waals surface area contributed by atoms with Crippen molar-refractivity contribution in [3.8, 4) is 16.3 Å². The van der Waals surface area contributed by atoms with E-state index in [1.165, 1.54) is 23.5 Å². The van der Waals surface area contributed by atoms with Gasteiger partial charge >= 0.3 is 12.1 Å². The minimum Gasteiger partial charge on any atom is -0.488 e. The van der Waals surface area contributed by atoms with Crippen molar-refractivity contribution >= 4 is 29.1 Å². The SMILES string of the molecule is Cc1cc(OCc2sc(-c3ccc(C(F)(F)F)cc3)nc2CSc2ccccc2)ccc1CCC(=O)O. The molecule has 1 N–H and O–H groups in total. The highest BCUT2D eigenvalue weighted by molar-refractivity contribution is 7.98. The van der Waals surface area contributed by atoms with E-state index in [0.29, 0.717) is 28.5 Å². The Labute approximate surface area is 221 Å². The van der Waals surface area contributed by atoms with E-state index in [-0.39, 0.29) is 13.0 Å². The molecule has 0 atom stereocenters. The molecule has 192 valence electrons. The molecule has 1 heterocycles. The molecule has 4 rings (SSSR count). The summed E-state index contributed by atoms with van der Waals surface area (Å²) in [5.41, 5.74) is 2.65. The number of carboxylic acid groups (broad SMARTS) is 1. The van der Waals surface area contributed by atoms with Gasteiger partial charge in [0.2, 0.25) is 0 Å². The molecule has 0 saturated heterocycles. The van der Waals surface area contributed by atoms with Gasteiger partial charge in [-0.05, 0) is 60.9 Å². The van der Waals surface area contributed by atoms with E-state index < -0.39 is 17.7 Å². The number of aromatic nitrogens is 1. The van der Waals surface area contributed by atoms with Gasteiger partial charge in [0.15, 0.2) is 0 Å². The van der Waals surface area contributed by atoms with Crippen molar-refractivity contribution in [1.82, 2.24) is 4.98 Å². The number of halogens is 3. The molecule has 37 heavy (non-hydrogen) atoms. The van der Waals surface area contributed by atoms with Crippen LogP contribution in [0.15, 0.2) is 77.7 Å². The summed E-state index contributed by atoms with van der Waals surface area (Å²) in [5, 5.41) is 9.56. The lowest BCUT2D eigenvalue weighted by molar-refractivity contribution is -0.138. The average Bonchev–Trinajstić information content (AvgIpc) is 3.29. The molecular formula is C28H24F3NO3S2. The van der Waals surface area contributed by atoms with Gasteiger partial charge in [-0.15, -0.1) is 23.1 Å². The number of carboxylic acids is 1. The Balaban J connectivity index is 1.53. The highest BCUT2D eigenvalue weighted by atomic mass is 32.2.